The highest BCUT2D eigenvalue weighted by Crippen LogP contribution is 2.24. The van der Waals surface area contributed by atoms with Gasteiger partial charge in [0.05, 0.1) is 6.04 Å². The number of terminal acetylenes is 1. The Morgan fingerprint density at radius 1 is 1.67 bits per heavy atom. The Morgan fingerprint density at radius 3 is 3.00 bits per heavy atom. The van der Waals surface area contributed by atoms with E-state index in [1.54, 1.807) is 0 Å². The van der Waals surface area contributed by atoms with Crippen molar-refractivity contribution in [1.82, 2.24) is 5.32 Å². The first-order chi connectivity index (χ1) is 5.77. The van der Waals surface area contributed by atoms with Gasteiger partial charge in [-0.2, -0.15) is 0 Å². The number of hydrogen-bond donors (Lipinski definition) is 2. The monoisotopic (exact) mass is 166 g/mol. The smallest absolute Gasteiger partial charge is 0.0660 e. The Morgan fingerprint density at radius 2 is 2.42 bits per heavy atom. The molecule has 3 N–H and O–H groups in total. The zero-order chi connectivity index (χ0) is 8.97. The zero-order valence-corrected chi connectivity index (χ0v) is 7.72. The van der Waals surface area contributed by atoms with Gasteiger partial charge in [-0.15, -0.1) is 6.42 Å². The summed E-state index contributed by atoms with van der Waals surface area (Å²) in [5.74, 6) is 3.32. The van der Waals surface area contributed by atoms with Gasteiger partial charge in [-0.05, 0) is 32.2 Å². The van der Waals surface area contributed by atoms with Crippen LogP contribution in [0.3, 0.4) is 0 Å². The summed E-state index contributed by atoms with van der Waals surface area (Å²) in [6.45, 7) is 2.81. The van der Waals surface area contributed by atoms with E-state index in [-0.39, 0.29) is 6.04 Å². The van der Waals surface area contributed by atoms with Crippen LogP contribution in [0.15, 0.2) is 0 Å². The van der Waals surface area contributed by atoms with E-state index >= 15 is 0 Å². The summed E-state index contributed by atoms with van der Waals surface area (Å²) in [5.41, 5.74) is 5.65. The maximum Gasteiger partial charge on any atom is 0.0660 e. The fourth-order valence-corrected chi connectivity index (χ4v) is 1.91. The van der Waals surface area contributed by atoms with Crippen LogP contribution in [-0.4, -0.2) is 18.6 Å². The molecule has 1 fully saturated rings. The van der Waals surface area contributed by atoms with Gasteiger partial charge in [-0.25, -0.2) is 0 Å². The highest BCUT2D eigenvalue weighted by molar-refractivity contribution is 4.98. The molecule has 0 bridgehead atoms. The molecule has 1 saturated carbocycles. The van der Waals surface area contributed by atoms with Gasteiger partial charge in [0.25, 0.3) is 0 Å². The molecule has 68 valence electrons. The minimum Gasteiger partial charge on any atom is -0.330 e. The fourth-order valence-electron chi connectivity index (χ4n) is 1.91. The van der Waals surface area contributed by atoms with Crippen molar-refractivity contribution in [2.45, 2.75) is 38.3 Å². The van der Waals surface area contributed by atoms with Crippen LogP contribution in [-0.2, 0) is 0 Å². The molecular formula is C10H18N2. The Balaban J connectivity index is 2.36. The summed E-state index contributed by atoms with van der Waals surface area (Å²) in [6.07, 6.45) is 9.07. The normalized spacial score (nSPS) is 31.4. The first-order valence-corrected chi connectivity index (χ1v) is 4.70. The predicted molar refractivity (Wildman–Crippen MR) is 51.6 cm³/mol. The van der Waals surface area contributed by atoms with Gasteiger partial charge in [-0.3, -0.25) is 0 Å². The van der Waals surface area contributed by atoms with E-state index in [2.05, 4.69) is 11.2 Å². The van der Waals surface area contributed by atoms with Crippen molar-refractivity contribution in [2.75, 3.05) is 6.54 Å². The van der Waals surface area contributed by atoms with Gasteiger partial charge in [0.15, 0.2) is 0 Å². The third-order valence-electron chi connectivity index (χ3n) is 2.68. The Kier molecular flexibility index (Phi) is 3.58. The lowest BCUT2D eigenvalue weighted by Crippen LogP contribution is -2.40. The maximum atomic E-state index is 5.65. The molecule has 0 aliphatic heterocycles. The van der Waals surface area contributed by atoms with Crippen LogP contribution < -0.4 is 11.1 Å². The summed E-state index contributed by atoms with van der Waals surface area (Å²) < 4.78 is 0. The molecule has 0 aromatic heterocycles. The molecule has 0 heterocycles. The lowest BCUT2D eigenvalue weighted by atomic mass is 10.0. The number of nitrogens with one attached hydrogen (secondary N) is 1. The van der Waals surface area contributed by atoms with E-state index in [9.17, 15) is 0 Å². The quantitative estimate of drug-likeness (QED) is 0.606. The van der Waals surface area contributed by atoms with E-state index in [4.69, 9.17) is 12.2 Å². The molecule has 3 unspecified atom stereocenters. The van der Waals surface area contributed by atoms with Gasteiger partial charge in [-0.1, -0.05) is 12.3 Å². The topological polar surface area (TPSA) is 38.0 Å². The first-order valence-electron chi connectivity index (χ1n) is 4.70. The molecule has 1 aliphatic carbocycles. The summed E-state index contributed by atoms with van der Waals surface area (Å²) in [5, 5.41) is 3.41. The van der Waals surface area contributed by atoms with Crippen LogP contribution in [0.25, 0.3) is 0 Å². The standard InChI is InChI=1S/C10H18N2/c1-3-8(2)12-10-6-4-5-9(10)7-11/h1,8-10,12H,4-7,11H2,2H3. The second-order valence-corrected chi connectivity index (χ2v) is 3.59. The van der Waals surface area contributed by atoms with E-state index in [1.807, 2.05) is 6.92 Å². The summed E-state index contributed by atoms with van der Waals surface area (Å²) in [4.78, 5) is 0. The lowest BCUT2D eigenvalue weighted by molar-refractivity contribution is 0.396. The summed E-state index contributed by atoms with van der Waals surface area (Å²) in [7, 11) is 0. The van der Waals surface area contributed by atoms with Gasteiger partial charge in [0, 0.05) is 6.04 Å². The van der Waals surface area contributed by atoms with Crippen LogP contribution in [0.1, 0.15) is 26.2 Å². The molecule has 0 radical (unpaired) electrons. The van der Waals surface area contributed by atoms with Crippen molar-refractivity contribution in [3.63, 3.8) is 0 Å². The van der Waals surface area contributed by atoms with E-state index in [0.717, 1.165) is 6.54 Å². The van der Waals surface area contributed by atoms with Crippen molar-refractivity contribution in [1.29, 1.82) is 0 Å². The van der Waals surface area contributed by atoms with Crippen LogP contribution >= 0.6 is 0 Å². The second kappa shape index (κ2) is 4.49. The van der Waals surface area contributed by atoms with Crippen molar-refractivity contribution in [3.05, 3.63) is 0 Å². The molecule has 0 aromatic rings. The fraction of sp³-hybridized carbons (Fsp3) is 0.800. The van der Waals surface area contributed by atoms with Crippen LogP contribution in [0.2, 0.25) is 0 Å². The molecule has 3 atom stereocenters. The average Bonchev–Trinajstić information content (AvgIpc) is 2.51. The minimum absolute atomic E-state index is 0.183. The third-order valence-corrected chi connectivity index (χ3v) is 2.68. The van der Waals surface area contributed by atoms with Crippen molar-refractivity contribution >= 4 is 0 Å². The molecule has 1 aliphatic rings. The second-order valence-electron chi connectivity index (χ2n) is 3.59. The minimum atomic E-state index is 0.183. The average molecular weight is 166 g/mol. The first kappa shape index (κ1) is 9.57. The number of hydrogen-bond acceptors (Lipinski definition) is 2. The highest BCUT2D eigenvalue weighted by atomic mass is 15.0. The lowest BCUT2D eigenvalue weighted by Gasteiger charge is -2.21. The van der Waals surface area contributed by atoms with Gasteiger partial charge >= 0.3 is 0 Å². The van der Waals surface area contributed by atoms with Crippen LogP contribution in [0, 0.1) is 18.3 Å². The molecule has 2 nitrogen and oxygen atoms in total. The molecular weight excluding hydrogens is 148 g/mol. The van der Waals surface area contributed by atoms with Crippen molar-refractivity contribution in [3.8, 4) is 12.3 Å². The largest absolute Gasteiger partial charge is 0.330 e. The Hall–Kier alpha value is -0.520. The van der Waals surface area contributed by atoms with E-state index in [0.29, 0.717) is 12.0 Å². The molecule has 0 saturated heterocycles. The zero-order valence-electron chi connectivity index (χ0n) is 7.72. The molecule has 0 spiro atoms. The Bertz CT molecular complexity index is 171. The Labute approximate surface area is 74.9 Å². The number of rotatable bonds is 3. The molecule has 2 heteroatoms. The third kappa shape index (κ3) is 2.23. The maximum absolute atomic E-state index is 5.65. The molecule has 0 amide bonds. The van der Waals surface area contributed by atoms with Crippen molar-refractivity contribution in [2.24, 2.45) is 11.7 Å². The summed E-state index contributed by atoms with van der Waals surface area (Å²) in [6, 6.07) is 0.739. The highest BCUT2D eigenvalue weighted by Gasteiger charge is 2.26. The number of nitrogens with two attached hydrogens (primary N) is 1. The molecule has 12 heavy (non-hydrogen) atoms. The van der Waals surface area contributed by atoms with Crippen LogP contribution in [0.4, 0.5) is 0 Å². The van der Waals surface area contributed by atoms with Crippen molar-refractivity contribution < 1.29 is 0 Å². The van der Waals surface area contributed by atoms with Gasteiger partial charge < -0.3 is 11.1 Å². The van der Waals surface area contributed by atoms with Gasteiger partial charge in [0.2, 0.25) is 0 Å². The predicted octanol–water partition coefficient (Wildman–Crippen LogP) is 0.725. The SMILES string of the molecule is C#CC(C)NC1CCCC1CN. The molecule has 1 rings (SSSR count). The van der Waals surface area contributed by atoms with Gasteiger partial charge in [0.1, 0.15) is 0 Å². The molecule has 0 aromatic carbocycles. The van der Waals surface area contributed by atoms with E-state index in [1.165, 1.54) is 19.3 Å². The summed E-state index contributed by atoms with van der Waals surface area (Å²) >= 11 is 0. The van der Waals surface area contributed by atoms with E-state index < -0.39 is 0 Å². The van der Waals surface area contributed by atoms with Crippen LogP contribution in [0.5, 0.6) is 0 Å².